The van der Waals surface area contributed by atoms with Crippen LogP contribution in [0, 0.1) is 11.7 Å². The fourth-order valence-corrected chi connectivity index (χ4v) is 3.51. The highest BCUT2D eigenvalue weighted by Crippen LogP contribution is 2.28. The average molecular weight is 430 g/mol. The number of benzene rings is 1. The maximum atomic E-state index is 13.4. The summed E-state index contributed by atoms with van der Waals surface area (Å²) in [7, 11) is 1.80. The Balaban J connectivity index is 2.32. The Morgan fingerprint density at radius 2 is 1.84 bits per heavy atom. The predicted molar refractivity (Wildman–Crippen MR) is 119 cm³/mol. The van der Waals surface area contributed by atoms with Gasteiger partial charge in [-0.05, 0) is 62.7 Å². The molecule has 5 N–H and O–H groups in total. The Morgan fingerprint density at radius 3 is 2.39 bits per heavy atom. The van der Waals surface area contributed by atoms with Crippen LogP contribution in [0.3, 0.4) is 0 Å². The molecule has 0 radical (unpaired) electrons. The quantitative estimate of drug-likeness (QED) is 0.507. The first-order valence-corrected chi connectivity index (χ1v) is 10.4. The average Bonchev–Trinajstić information content (AvgIpc) is 2.75. The van der Waals surface area contributed by atoms with Crippen molar-refractivity contribution in [1.82, 2.24) is 15.2 Å². The first-order chi connectivity index (χ1) is 14.7. The van der Waals surface area contributed by atoms with E-state index in [4.69, 9.17) is 11.5 Å². The van der Waals surface area contributed by atoms with E-state index in [9.17, 15) is 14.0 Å². The first kappa shape index (κ1) is 24.3. The fraction of sp³-hybridized carbons (Fsp3) is 0.435. The molecule has 0 spiro atoms. The number of aromatic nitrogens is 1. The Bertz CT molecular complexity index is 873. The number of carbonyl (C=O) groups is 2. The van der Waals surface area contributed by atoms with Crippen molar-refractivity contribution >= 4 is 17.6 Å². The number of nitrogens with one attached hydrogen (secondary N) is 1. The number of anilines is 1. The Morgan fingerprint density at radius 1 is 1.19 bits per heavy atom. The van der Waals surface area contributed by atoms with Crippen LogP contribution in [0.1, 0.15) is 37.8 Å². The molecule has 0 saturated carbocycles. The van der Waals surface area contributed by atoms with Crippen molar-refractivity contribution in [3.63, 3.8) is 0 Å². The van der Waals surface area contributed by atoms with Crippen molar-refractivity contribution in [1.29, 1.82) is 0 Å². The highest BCUT2D eigenvalue weighted by molar-refractivity contribution is 5.92. The van der Waals surface area contributed by atoms with Gasteiger partial charge in [-0.25, -0.2) is 9.37 Å². The van der Waals surface area contributed by atoms with Crippen LogP contribution in [0.5, 0.6) is 0 Å². The predicted octanol–water partition coefficient (Wildman–Crippen LogP) is 2.25. The molecule has 1 aromatic heterocycles. The summed E-state index contributed by atoms with van der Waals surface area (Å²) in [5.74, 6) is -1.64. The molecule has 1 unspecified atom stereocenters. The second-order valence-electron chi connectivity index (χ2n) is 7.98. The molecule has 0 fully saturated rings. The molecule has 0 bridgehead atoms. The maximum absolute atomic E-state index is 13.4. The normalized spacial score (nSPS) is 14.1. The summed E-state index contributed by atoms with van der Waals surface area (Å²) < 4.78 is 13.4. The molecule has 0 saturated heterocycles. The zero-order chi connectivity index (χ0) is 23.0. The van der Waals surface area contributed by atoms with Gasteiger partial charge in [0.25, 0.3) is 0 Å². The highest BCUT2D eigenvalue weighted by atomic mass is 19.1. The van der Waals surface area contributed by atoms with Gasteiger partial charge < -0.3 is 16.8 Å². The van der Waals surface area contributed by atoms with Crippen LogP contribution in [0.25, 0.3) is 0 Å². The number of pyridine rings is 1. The van der Waals surface area contributed by atoms with Crippen LogP contribution in [0.2, 0.25) is 0 Å². The molecule has 1 heterocycles. The van der Waals surface area contributed by atoms with Crippen molar-refractivity contribution in [2.45, 2.75) is 45.2 Å². The van der Waals surface area contributed by atoms with E-state index in [1.54, 1.807) is 44.4 Å². The number of halogens is 1. The lowest BCUT2D eigenvalue weighted by Crippen LogP contribution is -2.62. The molecule has 2 atom stereocenters. The summed E-state index contributed by atoms with van der Waals surface area (Å²) in [5.41, 5.74) is 11.7. The molecule has 0 aliphatic rings. The third-order valence-electron chi connectivity index (χ3n) is 5.80. The standard InChI is InChI=1S/C23H32FN5O2/c1-4-5-12-29(3)23(2,22(26)31)19(13-16-6-9-18(24)10-7-16)21(30)28-15-17-8-11-20(25)27-14-17/h6-11,14,19H,4-5,12-13,15H2,1-3H3,(H2,25,27)(H2,26,31)(H,28,30)/t19-,23?/m1/s1. The third-order valence-corrected chi connectivity index (χ3v) is 5.80. The Kier molecular flexibility index (Phi) is 8.50. The number of hydrogen-bond donors (Lipinski definition) is 3. The number of nitrogens with two attached hydrogens (primary N) is 2. The molecular weight excluding hydrogens is 397 g/mol. The van der Waals surface area contributed by atoms with Gasteiger partial charge >= 0.3 is 0 Å². The third kappa shape index (κ3) is 6.24. The minimum Gasteiger partial charge on any atom is -0.384 e. The molecule has 31 heavy (non-hydrogen) atoms. The number of hydrogen-bond acceptors (Lipinski definition) is 5. The van der Waals surface area contributed by atoms with Crippen molar-refractivity contribution in [3.05, 3.63) is 59.5 Å². The molecule has 2 rings (SSSR count). The zero-order valence-electron chi connectivity index (χ0n) is 18.4. The second kappa shape index (κ2) is 10.9. The zero-order valence-corrected chi connectivity index (χ0v) is 18.4. The van der Waals surface area contributed by atoms with E-state index in [0.717, 1.165) is 24.0 Å². The highest BCUT2D eigenvalue weighted by Gasteiger charge is 2.46. The topological polar surface area (TPSA) is 114 Å². The largest absolute Gasteiger partial charge is 0.384 e. The van der Waals surface area contributed by atoms with Gasteiger partial charge in [0.15, 0.2) is 0 Å². The molecular formula is C23H32FN5O2. The molecule has 7 nitrogen and oxygen atoms in total. The van der Waals surface area contributed by atoms with E-state index >= 15 is 0 Å². The summed E-state index contributed by atoms with van der Waals surface area (Å²) in [6.45, 7) is 4.60. The smallest absolute Gasteiger partial charge is 0.238 e. The van der Waals surface area contributed by atoms with E-state index < -0.39 is 17.4 Å². The van der Waals surface area contributed by atoms with Gasteiger partial charge in [-0.1, -0.05) is 31.5 Å². The fourth-order valence-electron chi connectivity index (χ4n) is 3.51. The van der Waals surface area contributed by atoms with E-state index in [2.05, 4.69) is 17.2 Å². The van der Waals surface area contributed by atoms with Crippen molar-refractivity contribution < 1.29 is 14.0 Å². The molecule has 2 amide bonds. The van der Waals surface area contributed by atoms with Crippen LogP contribution in [-0.4, -0.2) is 40.8 Å². The Hall–Kier alpha value is -3.00. The number of rotatable bonds is 11. The Labute approximate surface area is 183 Å². The monoisotopic (exact) mass is 429 g/mol. The molecule has 168 valence electrons. The number of nitrogens with zero attached hydrogens (tertiary/aromatic N) is 2. The first-order valence-electron chi connectivity index (χ1n) is 10.4. The van der Waals surface area contributed by atoms with Gasteiger partial charge in [0.05, 0.1) is 5.92 Å². The van der Waals surface area contributed by atoms with Gasteiger partial charge in [-0.15, -0.1) is 0 Å². The van der Waals surface area contributed by atoms with Crippen LogP contribution < -0.4 is 16.8 Å². The molecule has 1 aromatic carbocycles. The summed E-state index contributed by atoms with van der Waals surface area (Å²) >= 11 is 0. The van der Waals surface area contributed by atoms with Crippen LogP contribution in [0.4, 0.5) is 10.2 Å². The minimum atomic E-state index is -1.23. The maximum Gasteiger partial charge on any atom is 0.238 e. The second-order valence-corrected chi connectivity index (χ2v) is 7.98. The summed E-state index contributed by atoms with van der Waals surface area (Å²) in [6.07, 6.45) is 3.63. The molecule has 0 aliphatic heterocycles. The van der Waals surface area contributed by atoms with Crippen LogP contribution >= 0.6 is 0 Å². The molecule has 2 aromatic rings. The van der Waals surface area contributed by atoms with Crippen molar-refractivity contribution in [3.8, 4) is 0 Å². The minimum absolute atomic E-state index is 0.236. The molecule has 0 aliphatic carbocycles. The lowest BCUT2D eigenvalue weighted by atomic mass is 9.78. The van der Waals surface area contributed by atoms with Gasteiger partial charge in [-0.2, -0.15) is 0 Å². The van der Waals surface area contributed by atoms with Gasteiger partial charge in [0.1, 0.15) is 17.2 Å². The summed E-state index contributed by atoms with van der Waals surface area (Å²) in [6, 6.07) is 9.35. The number of carbonyl (C=O) groups excluding carboxylic acids is 2. The van der Waals surface area contributed by atoms with Crippen LogP contribution in [-0.2, 0) is 22.6 Å². The lowest BCUT2D eigenvalue weighted by Gasteiger charge is -2.41. The van der Waals surface area contributed by atoms with Crippen molar-refractivity contribution in [2.24, 2.45) is 11.7 Å². The van der Waals surface area contributed by atoms with E-state index in [0.29, 0.717) is 12.4 Å². The SMILES string of the molecule is CCCCN(C)C(C)(C(N)=O)[C@H](Cc1ccc(F)cc1)C(=O)NCc1ccc(N)nc1. The number of likely N-dealkylation sites (N-methyl/N-ethyl adjacent to an activating group) is 1. The number of amides is 2. The summed E-state index contributed by atoms with van der Waals surface area (Å²) in [5, 5.41) is 2.89. The van der Waals surface area contributed by atoms with E-state index in [-0.39, 0.29) is 24.7 Å². The van der Waals surface area contributed by atoms with Crippen molar-refractivity contribution in [2.75, 3.05) is 19.3 Å². The lowest BCUT2D eigenvalue weighted by molar-refractivity contribution is -0.141. The van der Waals surface area contributed by atoms with E-state index in [1.165, 1.54) is 12.1 Å². The van der Waals surface area contributed by atoms with E-state index in [1.807, 2.05) is 4.90 Å². The van der Waals surface area contributed by atoms with Gasteiger partial charge in [0.2, 0.25) is 11.8 Å². The van der Waals surface area contributed by atoms with Crippen LogP contribution in [0.15, 0.2) is 42.6 Å². The molecule has 8 heteroatoms. The van der Waals surface area contributed by atoms with Gasteiger partial charge in [0, 0.05) is 12.7 Å². The number of nitrogen functional groups attached to an aromatic ring is 1. The van der Waals surface area contributed by atoms with Gasteiger partial charge in [-0.3, -0.25) is 14.5 Å². The number of unbranched alkanes of at least 4 members (excludes halogenated alkanes) is 1. The summed E-state index contributed by atoms with van der Waals surface area (Å²) in [4.78, 5) is 31.8. The number of primary amides is 1.